The highest BCUT2D eigenvalue weighted by Crippen LogP contribution is 2.19. The van der Waals surface area contributed by atoms with Crippen LogP contribution in [0.4, 0.5) is 5.69 Å². The molecule has 2 aromatic carbocycles. The number of carbonyl (C=O) groups is 2. The number of benzene rings is 2. The van der Waals surface area contributed by atoms with E-state index >= 15 is 0 Å². The molecule has 0 aliphatic heterocycles. The quantitative estimate of drug-likeness (QED) is 0.790. The average Bonchev–Trinajstić information content (AvgIpc) is 3.45. The second-order valence-corrected chi connectivity index (χ2v) is 6.24. The van der Waals surface area contributed by atoms with Crippen molar-refractivity contribution in [3.05, 3.63) is 71.3 Å². The molecule has 0 saturated heterocycles. The Morgan fingerprint density at radius 3 is 2.32 bits per heavy atom. The molecular formula is C21H22N2O2. The summed E-state index contributed by atoms with van der Waals surface area (Å²) in [5.74, 6) is -0.259. The Hall–Kier alpha value is -2.88. The lowest BCUT2D eigenvalue weighted by Crippen LogP contribution is -2.25. The van der Waals surface area contributed by atoms with Gasteiger partial charge in [-0.2, -0.15) is 0 Å². The molecular weight excluding hydrogens is 312 g/mol. The first-order chi connectivity index (χ1) is 12.1. The summed E-state index contributed by atoms with van der Waals surface area (Å²) in [6, 6.07) is 15.4. The fraction of sp³-hybridized carbons (Fsp3) is 0.238. The van der Waals surface area contributed by atoms with Crippen LogP contribution < -0.4 is 10.6 Å². The van der Waals surface area contributed by atoms with Gasteiger partial charge in [0.15, 0.2) is 0 Å². The number of anilines is 1. The molecule has 0 radical (unpaired) electrons. The van der Waals surface area contributed by atoms with E-state index in [0.29, 0.717) is 17.3 Å². The van der Waals surface area contributed by atoms with Gasteiger partial charge in [0, 0.05) is 23.4 Å². The number of rotatable bonds is 6. The van der Waals surface area contributed by atoms with Crippen molar-refractivity contribution in [2.45, 2.75) is 32.2 Å². The van der Waals surface area contributed by atoms with Gasteiger partial charge in [0.05, 0.1) is 0 Å². The van der Waals surface area contributed by atoms with Crippen molar-refractivity contribution in [1.82, 2.24) is 5.32 Å². The van der Waals surface area contributed by atoms with Gasteiger partial charge in [0.2, 0.25) is 5.91 Å². The average molecular weight is 334 g/mol. The molecule has 0 bridgehead atoms. The SMILES string of the molecule is CCc1ccc(/C=C/C(=O)Nc2ccc(C(=O)NC3CC3)cc2)cc1. The molecule has 0 heterocycles. The zero-order valence-electron chi connectivity index (χ0n) is 14.3. The lowest BCUT2D eigenvalue weighted by atomic mass is 10.1. The van der Waals surface area contributed by atoms with Crippen LogP contribution in [-0.4, -0.2) is 17.9 Å². The molecule has 2 N–H and O–H groups in total. The van der Waals surface area contributed by atoms with Crippen LogP contribution in [0.1, 0.15) is 41.3 Å². The van der Waals surface area contributed by atoms with E-state index < -0.39 is 0 Å². The Labute approximate surface area is 148 Å². The van der Waals surface area contributed by atoms with Crippen LogP contribution in [0.25, 0.3) is 6.08 Å². The van der Waals surface area contributed by atoms with Crippen LogP contribution in [0.3, 0.4) is 0 Å². The number of hydrogen-bond donors (Lipinski definition) is 2. The minimum absolute atomic E-state index is 0.0594. The van der Waals surface area contributed by atoms with Gasteiger partial charge in [0.25, 0.3) is 5.91 Å². The third-order valence-electron chi connectivity index (χ3n) is 4.14. The van der Waals surface area contributed by atoms with E-state index in [1.54, 1.807) is 30.3 Å². The van der Waals surface area contributed by atoms with Crippen LogP contribution in [0.15, 0.2) is 54.6 Å². The molecule has 0 spiro atoms. The Kier molecular flexibility index (Phi) is 5.29. The first-order valence-electron chi connectivity index (χ1n) is 8.63. The van der Waals surface area contributed by atoms with E-state index in [0.717, 1.165) is 24.8 Å². The first-order valence-corrected chi connectivity index (χ1v) is 8.63. The molecule has 2 aromatic rings. The number of hydrogen-bond acceptors (Lipinski definition) is 2. The number of amides is 2. The number of aryl methyl sites for hydroxylation is 1. The fourth-order valence-electron chi connectivity index (χ4n) is 2.42. The van der Waals surface area contributed by atoms with Crippen LogP contribution in [0, 0.1) is 0 Å². The van der Waals surface area contributed by atoms with Crippen LogP contribution in [-0.2, 0) is 11.2 Å². The van der Waals surface area contributed by atoms with Crippen LogP contribution >= 0.6 is 0 Å². The monoisotopic (exact) mass is 334 g/mol. The Morgan fingerprint density at radius 1 is 1.04 bits per heavy atom. The minimum atomic E-state index is -0.199. The normalized spacial score (nSPS) is 13.6. The van der Waals surface area contributed by atoms with Gasteiger partial charge in [-0.15, -0.1) is 0 Å². The largest absolute Gasteiger partial charge is 0.349 e. The molecule has 128 valence electrons. The summed E-state index contributed by atoms with van der Waals surface area (Å²) >= 11 is 0. The van der Waals surface area contributed by atoms with E-state index in [9.17, 15) is 9.59 Å². The summed E-state index contributed by atoms with van der Waals surface area (Å²) in [6.45, 7) is 2.11. The number of nitrogens with one attached hydrogen (secondary N) is 2. The molecule has 1 saturated carbocycles. The summed E-state index contributed by atoms with van der Waals surface area (Å²) < 4.78 is 0. The maximum absolute atomic E-state index is 12.0. The highest BCUT2D eigenvalue weighted by molar-refractivity contribution is 6.02. The summed E-state index contributed by atoms with van der Waals surface area (Å²) in [4.78, 5) is 23.9. The van der Waals surface area contributed by atoms with Gasteiger partial charge >= 0.3 is 0 Å². The molecule has 0 atom stereocenters. The van der Waals surface area contributed by atoms with Gasteiger partial charge in [-0.1, -0.05) is 31.2 Å². The molecule has 4 heteroatoms. The molecule has 0 unspecified atom stereocenters. The van der Waals surface area contributed by atoms with Crippen LogP contribution in [0.5, 0.6) is 0 Å². The molecule has 4 nitrogen and oxygen atoms in total. The maximum Gasteiger partial charge on any atom is 0.251 e. The fourth-order valence-corrected chi connectivity index (χ4v) is 2.42. The Morgan fingerprint density at radius 2 is 1.72 bits per heavy atom. The van der Waals surface area contributed by atoms with Crippen molar-refractivity contribution in [2.75, 3.05) is 5.32 Å². The van der Waals surface area contributed by atoms with E-state index in [1.165, 1.54) is 11.6 Å². The highest BCUT2D eigenvalue weighted by atomic mass is 16.2. The van der Waals surface area contributed by atoms with Crippen LogP contribution in [0.2, 0.25) is 0 Å². The minimum Gasteiger partial charge on any atom is -0.349 e. The maximum atomic E-state index is 12.0. The smallest absolute Gasteiger partial charge is 0.251 e. The molecule has 3 rings (SSSR count). The van der Waals surface area contributed by atoms with Crippen molar-refractivity contribution < 1.29 is 9.59 Å². The predicted octanol–water partition coefficient (Wildman–Crippen LogP) is 3.79. The molecule has 1 aliphatic carbocycles. The van der Waals surface area contributed by atoms with E-state index in [1.807, 2.05) is 12.1 Å². The third kappa shape index (κ3) is 5.05. The van der Waals surface area contributed by atoms with E-state index in [2.05, 4.69) is 29.7 Å². The van der Waals surface area contributed by atoms with Gasteiger partial charge in [-0.05, 0) is 60.7 Å². The summed E-state index contributed by atoms with van der Waals surface area (Å²) in [5, 5.41) is 5.74. The van der Waals surface area contributed by atoms with Crippen molar-refractivity contribution in [3.63, 3.8) is 0 Å². The molecule has 2 amide bonds. The second kappa shape index (κ2) is 7.79. The summed E-state index contributed by atoms with van der Waals surface area (Å²) in [5.41, 5.74) is 3.53. The van der Waals surface area contributed by atoms with Crippen molar-refractivity contribution in [3.8, 4) is 0 Å². The lowest BCUT2D eigenvalue weighted by Gasteiger charge is -2.05. The second-order valence-electron chi connectivity index (χ2n) is 6.24. The van der Waals surface area contributed by atoms with Crippen molar-refractivity contribution in [2.24, 2.45) is 0 Å². The Bertz CT molecular complexity index is 773. The highest BCUT2D eigenvalue weighted by Gasteiger charge is 2.23. The Balaban J connectivity index is 1.54. The first kappa shape index (κ1) is 17.0. The molecule has 1 fully saturated rings. The predicted molar refractivity (Wildman–Crippen MR) is 100 cm³/mol. The van der Waals surface area contributed by atoms with Gasteiger partial charge < -0.3 is 10.6 Å². The van der Waals surface area contributed by atoms with Gasteiger partial charge in [-0.25, -0.2) is 0 Å². The van der Waals surface area contributed by atoms with E-state index in [-0.39, 0.29) is 11.8 Å². The van der Waals surface area contributed by atoms with Crippen molar-refractivity contribution >= 4 is 23.6 Å². The van der Waals surface area contributed by atoms with Gasteiger partial charge in [-0.3, -0.25) is 9.59 Å². The van der Waals surface area contributed by atoms with Gasteiger partial charge in [0.1, 0.15) is 0 Å². The topological polar surface area (TPSA) is 58.2 Å². The molecule has 25 heavy (non-hydrogen) atoms. The molecule has 1 aliphatic rings. The third-order valence-corrected chi connectivity index (χ3v) is 4.14. The zero-order valence-corrected chi connectivity index (χ0v) is 14.3. The summed E-state index contributed by atoms with van der Waals surface area (Å²) in [6.07, 6.45) is 6.42. The van der Waals surface area contributed by atoms with E-state index in [4.69, 9.17) is 0 Å². The lowest BCUT2D eigenvalue weighted by molar-refractivity contribution is -0.111. The number of carbonyl (C=O) groups excluding carboxylic acids is 2. The zero-order chi connectivity index (χ0) is 17.6. The summed E-state index contributed by atoms with van der Waals surface area (Å²) in [7, 11) is 0. The standard InChI is InChI=1S/C21H22N2O2/c1-2-15-3-5-16(6-4-15)7-14-20(24)22-18-10-8-17(9-11-18)21(25)23-19-12-13-19/h3-11,14,19H,2,12-13H2,1H3,(H,22,24)(H,23,25)/b14-7+. The molecule has 0 aromatic heterocycles. The van der Waals surface area contributed by atoms with Crippen molar-refractivity contribution in [1.29, 1.82) is 0 Å².